The first-order valence-corrected chi connectivity index (χ1v) is 9.68. The SMILES string of the molecule is CC(C)C(N)CCN(C)C(=O)c1ccc(CNC(=O)c2cccs2)cc1.Cl. The molecule has 5 nitrogen and oxygen atoms in total. The molecule has 0 radical (unpaired) electrons. The molecule has 0 spiro atoms. The minimum Gasteiger partial charge on any atom is -0.347 e. The van der Waals surface area contributed by atoms with E-state index < -0.39 is 0 Å². The van der Waals surface area contributed by atoms with Crippen molar-refractivity contribution in [1.29, 1.82) is 0 Å². The number of nitrogens with one attached hydrogen (secondary N) is 1. The highest BCUT2D eigenvalue weighted by Gasteiger charge is 2.14. The van der Waals surface area contributed by atoms with E-state index in [0.717, 1.165) is 12.0 Å². The third-order valence-corrected chi connectivity index (χ3v) is 5.27. The Hall–Kier alpha value is -1.89. The van der Waals surface area contributed by atoms with Crippen LogP contribution in [-0.4, -0.2) is 36.3 Å². The maximum absolute atomic E-state index is 12.5. The summed E-state index contributed by atoms with van der Waals surface area (Å²) in [5, 5.41) is 4.75. The van der Waals surface area contributed by atoms with E-state index in [2.05, 4.69) is 19.2 Å². The fourth-order valence-electron chi connectivity index (χ4n) is 2.44. The molecule has 0 aliphatic carbocycles. The van der Waals surface area contributed by atoms with E-state index in [0.29, 0.717) is 29.4 Å². The summed E-state index contributed by atoms with van der Waals surface area (Å²) < 4.78 is 0. The molecule has 2 amide bonds. The number of benzene rings is 1. The van der Waals surface area contributed by atoms with Gasteiger partial charge in [0.2, 0.25) is 0 Å². The van der Waals surface area contributed by atoms with Crippen LogP contribution in [0, 0.1) is 5.92 Å². The maximum atomic E-state index is 12.5. The monoisotopic (exact) mass is 409 g/mol. The lowest BCUT2D eigenvalue weighted by molar-refractivity contribution is 0.0788. The molecule has 1 aromatic heterocycles. The Morgan fingerprint density at radius 2 is 1.85 bits per heavy atom. The molecule has 27 heavy (non-hydrogen) atoms. The van der Waals surface area contributed by atoms with Crippen LogP contribution in [0.5, 0.6) is 0 Å². The third-order valence-electron chi connectivity index (χ3n) is 4.40. The van der Waals surface area contributed by atoms with Gasteiger partial charge >= 0.3 is 0 Å². The molecule has 0 bridgehead atoms. The van der Waals surface area contributed by atoms with E-state index in [1.54, 1.807) is 30.1 Å². The normalized spacial score (nSPS) is 11.6. The molecule has 1 atom stereocenters. The zero-order valence-electron chi connectivity index (χ0n) is 16.0. The standard InChI is InChI=1S/C20H27N3O2S.ClH/c1-14(2)17(21)10-11-23(3)20(25)16-8-6-15(7-9-16)13-22-19(24)18-5-4-12-26-18;/h4-9,12,14,17H,10-11,13,21H2,1-3H3,(H,22,24);1H. The Morgan fingerprint density at radius 1 is 1.19 bits per heavy atom. The van der Waals surface area contributed by atoms with Crippen LogP contribution >= 0.6 is 23.7 Å². The van der Waals surface area contributed by atoms with Gasteiger partial charge in [0, 0.05) is 31.7 Å². The van der Waals surface area contributed by atoms with Crippen molar-refractivity contribution < 1.29 is 9.59 Å². The average Bonchev–Trinajstić information content (AvgIpc) is 3.18. The number of amides is 2. The number of hydrogen-bond donors (Lipinski definition) is 2. The largest absolute Gasteiger partial charge is 0.347 e. The van der Waals surface area contributed by atoms with Crippen molar-refractivity contribution in [3.05, 3.63) is 57.8 Å². The molecule has 1 heterocycles. The van der Waals surface area contributed by atoms with Gasteiger partial charge in [-0.25, -0.2) is 0 Å². The van der Waals surface area contributed by atoms with E-state index in [1.165, 1.54) is 11.3 Å². The molecule has 0 saturated carbocycles. The molecule has 148 valence electrons. The highest BCUT2D eigenvalue weighted by molar-refractivity contribution is 7.12. The highest BCUT2D eigenvalue weighted by Crippen LogP contribution is 2.11. The Morgan fingerprint density at radius 3 is 2.41 bits per heavy atom. The molecule has 1 unspecified atom stereocenters. The number of carbonyl (C=O) groups is 2. The molecule has 1 aromatic carbocycles. The summed E-state index contributed by atoms with van der Waals surface area (Å²) in [6.45, 7) is 5.24. The lowest BCUT2D eigenvalue weighted by Crippen LogP contribution is -2.34. The average molecular weight is 410 g/mol. The van der Waals surface area contributed by atoms with Crippen molar-refractivity contribution in [2.24, 2.45) is 11.7 Å². The number of carbonyl (C=O) groups excluding carboxylic acids is 2. The van der Waals surface area contributed by atoms with E-state index in [1.807, 2.05) is 23.6 Å². The Balaban J connectivity index is 0.00000364. The fourth-order valence-corrected chi connectivity index (χ4v) is 3.08. The van der Waals surface area contributed by atoms with Gasteiger partial charge in [-0.2, -0.15) is 0 Å². The van der Waals surface area contributed by atoms with Crippen LogP contribution < -0.4 is 11.1 Å². The third kappa shape index (κ3) is 6.97. The van der Waals surface area contributed by atoms with Gasteiger partial charge in [0.1, 0.15) is 0 Å². The molecule has 7 heteroatoms. The first-order valence-electron chi connectivity index (χ1n) is 8.80. The summed E-state index contributed by atoms with van der Waals surface area (Å²) >= 11 is 1.41. The lowest BCUT2D eigenvalue weighted by Gasteiger charge is -2.21. The van der Waals surface area contributed by atoms with Crippen molar-refractivity contribution in [2.75, 3.05) is 13.6 Å². The maximum Gasteiger partial charge on any atom is 0.261 e. The van der Waals surface area contributed by atoms with E-state index >= 15 is 0 Å². The first kappa shape index (κ1) is 23.1. The van der Waals surface area contributed by atoms with Gasteiger partial charge in [0.25, 0.3) is 11.8 Å². The van der Waals surface area contributed by atoms with Gasteiger partial charge < -0.3 is 16.0 Å². The molecular weight excluding hydrogens is 382 g/mol. The molecule has 0 saturated heterocycles. The second-order valence-corrected chi connectivity index (χ2v) is 7.73. The van der Waals surface area contributed by atoms with Crippen molar-refractivity contribution in [3.8, 4) is 0 Å². The summed E-state index contributed by atoms with van der Waals surface area (Å²) in [6.07, 6.45) is 0.784. The number of thiophene rings is 1. The number of halogens is 1. The van der Waals surface area contributed by atoms with Crippen LogP contribution in [0.25, 0.3) is 0 Å². The smallest absolute Gasteiger partial charge is 0.261 e. The highest BCUT2D eigenvalue weighted by atomic mass is 35.5. The summed E-state index contributed by atoms with van der Waals surface area (Å²) in [5.74, 6) is 0.304. The van der Waals surface area contributed by atoms with Gasteiger partial charge in [-0.3, -0.25) is 9.59 Å². The quantitative estimate of drug-likeness (QED) is 0.700. The molecule has 0 fully saturated rings. The molecule has 0 aliphatic rings. The molecule has 0 aliphatic heterocycles. The van der Waals surface area contributed by atoms with E-state index in [-0.39, 0.29) is 30.3 Å². The van der Waals surface area contributed by atoms with Crippen molar-refractivity contribution in [2.45, 2.75) is 32.9 Å². The van der Waals surface area contributed by atoms with Crippen molar-refractivity contribution in [1.82, 2.24) is 10.2 Å². The summed E-state index contributed by atoms with van der Waals surface area (Å²) in [5.41, 5.74) is 7.64. The van der Waals surface area contributed by atoms with E-state index in [4.69, 9.17) is 5.73 Å². The summed E-state index contributed by atoms with van der Waals surface area (Å²) in [4.78, 5) is 26.8. The van der Waals surface area contributed by atoms with Crippen LogP contribution in [0.15, 0.2) is 41.8 Å². The van der Waals surface area contributed by atoms with Gasteiger partial charge in [0.05, 0.1) is 4.88 Å². The number of nitrogens with zero attached hydrogens (tertiary/aromatic N) is 1. The van der Waals surface area contributed by atoms with Crippen molar-refractivity contribution >= 4 is 35.6 Å². The van der Waals surface area contributed by atoms with E-state index in [9.17, 15) is 9.59 Å². The van der Waals surface area contributed by atoms with Crippen molar-refractivity contribution in [3.63, 3.8) is 0 Å². The van der Waals surface area contributed by atoms with Gasteiger partial charge in [-0.05, 0) is 41.5 Å². The second-order valence-electron chi connectivity index (χ2n) is 6.78. The minimum absolute atomic E-state index is 0. The Kier molecular flexibility index (Phi) is 9.49. The number of hydrogen-bond acceptors (Lipinski definition) is 4. The summed E-state index contributed by atoms with van der Waals surface area (Å²) in [7, 11) is 1.80. The van der Waals surface area contributed by atoms with Gasteiger partial charge in [-0.15, -0.1) is 23.7 Å². The van der Waals surface area contributed by atoms with Crippen LogP contribution in [0.2, 0.25) is 0 Å². The number of nitrogens with two attached hydrogens (primary N) is 1. The lowest BCUT2D eigenvalue weighted by atomic mass is 10.0. The van der Waals surface area contributed by atoms with Crippen LogP contribution in [0.1, 0.15) is 45.9 Å². The minimum atomic E-state index is -0.0821. The summed E-state index contributed by atoms with van der Waals surface area (Å²) in [6, 6.07) is 11.1. The molecule has 3 N–H and O–H groups in total. The van der Waals surface area contributed by atoms with Crippen LogP contribution in [0.4, 0.5) is 0 Å². The van der Waals surface area contributed by atoms with Gasteiger partial charge in [0.15, 0.2) is 0 Å². The predicted octanol–water partition coefficient (Wildman–Crippen LogP) is 3.55. The number of rotatable bonds is 8. The van der Waals surface area contributed by atoms with Gasteiger partial charge in [-0.1, -0.05) is 32.0 Å². The zero-order valence-corrected chi connectivity index (χ0v) is 17.6. The van der Waals surface area contributed by atoms with Crippen LogP contribution in [0.3, 0.4) is 0 Å². The van der Waals surface area contributed by atoms with Crippen LogP contribution in [-0.2, 0) is 6.54 Å². The Bertz CT molecular complexity index is 717. The predicted molar refractivity (Wildman–Crippen MR) is 114 cm³/mol. The second kappa shape index (κ2) is 11.1. The molecular formula is C20H28ClN3O2S. The fraction of sp³-hybridized carbons (Fsp3) is 0.400. The topological polar surface area (TPSA) is 75.4 Å². The first-order chi connectivity index (χ1) is 12.4. The Labute approximate surface area is 171 Å². The molecule has 2 aromatic rings. The zero-order chi connectivity index (χ0) is 19.1. The molecule has 2 rings (SSSR count).